The number of carbonyl (C=O) groups is 2. The maximum absolute atomic E-state index is 13.1. The molecule has 4 rings (SSSR count). The van der Waals surface area contributed by atoms with Crippen LogP contribution in [0.25, 0.3) is 0 Å². The molecule has 1 N–H and O–H groups in total. The molecular formula is C26H25FN2O5S. The van der Waals surface area contributed by atoms with Crippen LogP contribution in [0.15, 0.2) is 77.7 Å². The van der Waals surface area contributed by atoms with Crippen molar-refractivity contribution in [1.82, 2.24) is 9.62 Å². The molecule has 0 aromatic heterocycles. The number of hydrogen-bond acceptors (Lipinski definition) is 5. The number of esters is 1. The first-order valence-corrected chi connectivity index (χ1v) is 12.6. The van der Waals surface area contributed by atoms with Gasteiger partial charge in [-0.25, -0.2) is 17.6 Å². The predicted molar refractivity (Wildman–Crippen MR) is 128 cm³/mol. The molecule has 0 aliphatic carbocycles. The average molecular weight is 497 g/mol. The molecule has 35 heavy (non-hydrogen) atoms. The van der Waals surface area contributed by atoms with E-state index >= 15 is 0 Å². The zero-order chi connectivity index (χ0) is 24.8. The summed E-state index contributed by atoms with van der Waals surface area (Å²) in [7, 11) is -3.71. The van der Waals surface area contributed by atoms with Crippen molar-refractivity contribution in [2.75, 3.05) is 19.7 Å². The van der Waals surface area contributed by atoms with Crippen molar-refractivity contribution >= 4 is 21.9 Å². The van der Waals surface area contributed by atoms with Gasteiger partial charge in [0, 0.05) is 19.6 Å². The van der Waals surface area contributed by atoms with Crippen molar-refractivity contribution in [3.05, 3.63) is 101 Å². The van der Waals surface area contributed by atoms with Crippen molar-refractivity contribution in [1.29, 1.82) is 0 Å². The van der Waals surface area contributed by atoms with Gasteiger partial charge in [-0.3, -0.25) is 4.79 Å². The number of carbonyl (C=O) groups excluding carboxylic acids is 2. The summed E-state index contributed by atoms with van der Waals surface area (Å²) in [5.74, 6) is -1.52. The third kappa shape index (κ3) is 6.12. The summed E-state index contributed by atoms with van der Waals surface area (Å²) in [5, 5.41) is 2.63. The molecule has 1 aliphatic rings. The highest BCUT2D eigenvalue weighted by atomic mass is 32.2. The molecule has 0 bridgehead atoms. The number of nitrogens with zero attached hydrogens (tertiary/aromatic N) is 1. The number of hydrogen-bond donors (Lipinski definition) is 1. The highest BCUT2D eigenvalue weighted by Gasteiger charge is 2.28. The maximum Gasteiger partial charge on any atom is 0.338 e. The van der Waals surface area contributed by atoms with Crippen LogP contribution < -0.4 is 5.32 Å². The van der Waals surface area contributed by atoms with Crippen LogP contribution in [0.4, 0.5) is 4.39 Å². The van der Waals surface area contributed by atoms with Crippen molar-refractivity contribution in [2.24, 2.45) is 0 Å². The van der Waals surface area contributed by atoms with Crippen molar-refractivity contribution < 1.29 is 27.1 Å². The van der Waals surface area contributed by atoms with Gasteiger partial charge in [-0.2, -0.15) is 4.31 Å². The summed E-state index contributed by atoms with van der Waals surface area (Å²) >= 11 is 0. The van der Waals surface area contributed by atoms with E-state index in [2.05, 4.69) is 5.32 Å². The van der Waals surface area contributed by atoms with Gasteiger partial charge in [0.05, 0.1) is 10.5 Å². The van der Waals surface area contributed by atoms with Crippen LogP contribution in [-0.4, -0.2) is 44.3 Å². The first kappa shape index (κ1) is 24.6. The van der Waals surface area contributed by atoms with E-state index < -0.39 is 28.5 Å². The van der Waals surface area contributed by atoms with Crippen molar-refractivity contribution in [3.8, 4) is 0 Å². The fourth-order valence-electron chi connectivity index (χ4n) is 3.85. The lowest BCUT2D eigenvalue weighted by atomic mass is 10.0. The topological polar surface area (TPSA) is 92.8 Å². The molecule has 0 atom stereocenters. The van der Waals surface area contributed by atoms with Crippen LogP contribution in [0.2, 0.25) is 0 Å². The summed E-state index contributed by atoms with van der Waals surface area (Å²) in [6.07, 6.45) is 1.16. The lowest BCUT2D eigenvalue weighted by Crippen LogP contribution is -2.35. The second kappa shape index (κ2) is 10.8. The number of benzene rings is 3. The Kier molecular flexibility index (Phi) is 7.57. The van der Waals surface area contributed by atoms with Crippen LogP contribution >= 0.6 is 0 Å². The molecule has 0 radical (unpaired) electrons. The summed E-state index contributed by atoms with van der Waals surface area (Å²) in [6, 6.07) is 19.2. The number of rotatable bonds is 8. The van der Waals surface area contributed by atoms with Gasteiger partial charge in [0.15, 0.2) is 6.61 Å². The molecule has 9 heteroatoms. The molecule has 0 fully saturated rings. The Hall–Kier alpha value is -3.56. The lowest BCUT2D eigenvalue weighted by Gasteiger charge is -2.28. The van der Waals surface area contributed by atoms with Crippen LogP contribution in [0.3, 0.4) is 0 Å². The van der Waals surface area contributed by atoms with E-state index in [0.29, 0.717) is 32.5 Å². The van der Waals surface area contributed by atoms with Gasteiger partial charge < -0.3 is 10.1 Å². The maximum atomic E-state index is 13.1. The van der Waals surface area contributed by atoms with Crippen LogP contribution in [0, 0.1) is 5.82 Å². The van der Waals surface area contributed by atoms with Gasteiger partial charge in [-0.1, -0.05) is 36.4 Å². The molecule has 1 heterocycles. The Morgan fingerprint density at radius 3 is 2.34 bits per heavy atom. The first-order valence-electron chi connectivity index (χ1n) is 11.2. The molecule has 0 saturated carbocycles. The third-order valence-corrected chi connectivity index (χ3v) is 7.67. The van der Waals surface area contributed by atoms with Gasteiger partial charge >= 0.3 is 5.97 Å². The Labute approximate surface area is 203 Å². The highest BCUT2D eigenvalue weighted by molar-refractivity contribution is 7.89. The summed E-state index contributed by atoms with van der Waals surface area (Å²) in [5.41, 5.74) is 3.15. The van der Waals surface area contributed by atoms with Crippen molar-refractivity contribution in [2.45, 2.75) is 24.3 Å². The van der Waals surface area contributed by atoms with Gasteiger partial charge in [0.25, 0.3) is 5.91 Å². The fraction of sp³-hybridized carbons (Fsp3) is 0.231. The molecule has 182 valence electrons. The minimum atomic E-state index is -3.71. The molecule has 1 amide bonds. The Balaban J connectivity index is 1.27. The number of amides is 1. The van der Waals surface area contributed by atoms with E-state index in [-0.39, 0.29) is 16.3 Å². The quantitative estimate of drug-likeness (QED) is 0.484. The summed E-state index contributed by atoms with van der Waals surface area (Å²) in [4.78, 5) is 24.3. The standard InChI is InChI=1S/C26H25FN2O5S/c27-23-9-5-19(6-10-23)13-15-28-25(30)18-34-26(31)21-7-11-24(12-8-21)35(32,33)29-16-14-20-3-1-2-4-22(20)17-29/h1-12H,13-18H2,(H,28,30). The van der Waals surface area contributed by atoms with Gasteiger partial charge in [-0.15, -0.1) is 0 Å². The Bertz CT molecular complexity index is 1310. The van der Waals surface area contributed by atoms with Crippen LogP contribution in [0.1, 0.15) is 27.0 Å². The number of ether oxygens (including phenoxy) is 1. The lowest BCUT2D eigenvalue weighted by molar-refractivity contribution is -0.124. The molecule has 0 spiro atoms. The van der Waals surface area contributed by atoms with E-state index in [9.17, 15) is 22.4 Å². The summed E-state index contributed by atoms with van der Waals surface area (Å²) in [6.45, 7) is 0.545. The van der Waals surface area contributed by atoms with Crippen LogP contribution in [-0.2, 0) is 38.9 Å². The molecule has 0 saturated heterocycles. The molecule has 0 unspecified atom stereocenters. The second-order valence-electron chi connectivity index (χ2n) is 8.18. The highest BCUT2D eigenvalue weighted by Crippen LogP contribution is 2.25. The predicted octanol–water partition coefficient (Wildman–Crippen LogP) is 3.09. The van der Waals surface area contributed by atoms with E-state index in [4.69, 9.17) is 4.74 Å². The fourth-order valence-corrected chi connectivity index (χ4v) is 5.27. The molecule has 3 aromatic carbocycles. The normalized spacial score (nSPS) is 13.6. The zero-order valence-corrected chi connectivity index (χ0v) is 19.8. The molecular weight excluding hydrogens is 471 g/mol. The number of fused-ring (bicyclic) bond motifs is 1. The Morgan fingerprint density at radius 2 is 1.63 bits per heavy atom. The number of halogens is 1. The van der Waals surface area contributed by atoms with Gasteiger partial charge in [0.1, 0.15) is 5.82 Å². The zero-order valence-electron chi connectivity index (χ0n) is 18.9. The SMILES string of the molecule is O=C(COC(=O)c1ccc(S(=O)(=O)N2CCc3ccccc3C2)cc1)NCCc1ccc(F)cc1. The number of sulfonamides is 1. The smallest absolute Gasteiger partial charge is 0.338 e. The Morgan fingerprint density at radius 1 is 0.943 bits per heavy atom. The van der Waals surface area contributed by atoms with Gasteiger partial charge in [0.2, 0.25) is 10.0 Å². The van der Waals surface area contributed by atoms with Gasteiger partial charge in [-0.05, 0) is 65.9 Å². The third-order valence-electron chi connectivity index (χ3n) is 5.81. The minimum Gasteiger partial charge on any atom is -0.452 e. The van der Waals surface area contributed by atoms with E-state index in [1.807, 2.05) is 24.3 Å². The molecule has 1 aliphatic heterocycles. The number of nitrogens with one attached hydrogen (secondary N) is 1. The molecule has 3 aromatic rings. The summed E-state index contributed by atoms with van der Waals surface area (Å²) < 4.78 is 45.5. The van der Waals surface area contributed by atoms with Crippen molar-refractivity contribution in [3.63, 3.8) is 0 Å². The van der Waals surface area contributed by atoms with E-state index in [1.54, 1.807) is 12.1 Å². The second-order valence-corrected chi connectivity index (χ2v) is 10.1. The van der Waals surface area contributed by atoms with Crippen LogP contribution in [0.5, 0.6) is 0 Å². The van der Waals surface area contributed by atoms with E-state index in [0.717, 1.165) is 16.7 Å². The first-order chi connectivity index (χ1) is 16.8. The minimum absolute atomic E-state index is 0.0898. The largest absolute Gasteiger partial charge is 0.452 e. The average Bonchev–Trinajstić information content (AvgIpc) is 2.88. The van der Waals surface area contributed by atoms with E-state index in [1.165, 1.54) is 40.7 Å². The monoisotopic (exact) mass is 496 g/mol. The molecule has 7 nitrogen and oxygen atoms in total.